The second-order valence-corrected chi connectivity index (χ2v) is 5.20. The summed E-state index contributed by atoms with van der Waals surface area (Å²) in [6.07, 6.45) is 0. The second-order valence-electron chi connectivity index (χ2n) is 5.20. The summed E-state index contributed by atoms with van der Waals surface area (Å²) in [6.45, 7) is 2.00. The van der Waals surface area contributed by atoms with Crippen molar-refractivity contribution in [3.63, 3.8) is 0 Å². The lowest BCUT2D eigenvalue weighted by Gasteiger charge is -2.26. The van der Waals surface area contributed by atoms with Crippen molar-refractivity contribution in [2.45, 2.75) is 6.92 Å². The first-order valence-electron chi connectivity index (χ1n) is 7.32. The van der Waals surface area contributed by atoms with E-state index in [1.54, 1.807) is 12.1 Å². The summed E-state index contributed by atoms with van der Waals surface area (Å²) >= 11 is 0. The van der Waals surface area contributed by atoms with Gasteiger partial charge in [-0.15, -0.1) is 0 Å². The van der Waals surface area contributed by atoms with Crippen LogP contribution in [0.2, 0.25) is 0 Å². The van der Waals surface area contributed by atoms with E-state index in [4.69, 9.17) is 0 Å². The number of para-hydroxylation sites is 4. The Morgan fingerprint density at radius 3 is 2.00 bits per heavy atom. The van der Waals surface area contributed by atoms with Crippen LogP contribution >= 0.6 is 0 Å². The Labute approximate surface area is 134 Å². The zero-order valence-electron chi connectivity index (χ0n) is 12.7. The summed E-state index contributed by atoms with van der Waals surface area (Å²) < 4.78 is 0. The summed E-state index contributed by atoms with van der Waals surface area (Å²) in [4.78, 5) is 13.0. The average molecular weight is 304 g/mol. The van der Waals surface area contributed by atoms with Crippen LogP contribution in [0.5, 0.6) is 0 Å². The third kappa shape index (κ3) is 2.92. The molecule has 0 saturated heterocycles. The van der Waals surface area contributed by atoms with Crippen molar-refractivity contribution in [1.82, 2.24) is 0 Å². The zero-order chi connectivity index (χ0) is 16.2. The number of nitrogens with zero attached hydrogens (tertiary/aromatic N) is 2. The molecule has 0 radical (unpaired) electrons. The average Bonchev–Trinajstić information content (AvgIpc) is 2.58. The van der Waals surface area contributed by atoms with Crippen molar-refractivity contribution >= 4 is 22.7 Å². The molecule has 23 heavy (non-hydrogen) atoms. The molecule has 3 aromatic rings. The molecule has 114 valence electrons. The van der Waals surface area contributed by atoms with Gasteiger partial charge >= 0.3 is 0 Å². The van der Waals surface area contributed by atoms with Crippen LogP contribution < -0.4 is 4.90 Å². The molecule has 0 unspecified atom stereocenters. The lowest BCUT2D eigenvalue weighted by Crippen LogP contribution is -2.12. The fraction of sp³-hybridized carbons (Fsp3) is 0.0526. The minimum Gasteiger partial charge on any atom is -0.304 e. The molecule has 0 bridgehead atoms. The van der Waals surface area contributed by atoms with Crippen LogP contribution in [-0.2, 0) is 0 Å². The summed E-state index contributed by atoms with van der Waals surface area (Å²) in [5.41, 5.74) is 3.50. The van der Waals surface area contributed by atoms with Crippen LogP contribution in [0.4, 0.5) is 22.7 Å². The maximum atomic E-state index is 11.5. The topological polar surface area (TPSA) is 46.4 Å². The third-order valence-corrected chi connectivity index (χ3v) is 3.69. The van der Waals surface area contributed by atoms with E-state index in [2.05, 4.69) is 0 Å². The van der Waals surface area contributed by atoms with Crippen LogP contribution in [0.25, 0.3) is 0 Å². The van der Waals surface area contributed by atoms with Gasteiger partial charge in [-0.1, -0.05) is 48.5 Å². The molecule has 0 atom stereocenters. The molecule has 0 amide bonds. The lowest BCUT2D eigenvalue weighted by atomic mass is 10.1. The molecule has 0 saturated carbocycles. The monoisotopic (exact) mass is 304 g/mol. The van der Waals surface area contributed by atoms with Crippen molar-refractivity contribution in [1.29, 1.82) is 0 Å². The maximum absolute atomic E-state index is 11.5. The molecule has 4 nitrogen and oxygen atoms in total. The van der Waals surface area contributed by atoms with Gasteiger partial charge in [-0.3, -0.25) is 10.1 Å². The first-order chi connectivity index (χ1) is 11.2. The molecular weight excluding hydrogens is 288 g/mol. The number of rotatable bonds is 4. The fourth-order valence-corrected chi connectivity index (χ4v) is 2.61. The smallest absolute Gasteiger partial charge is 0.293 e. The van der Waals surface area contributed by atoms with E-state index >= 15 is 0 Å². The van der Waals surface area contributed by atoms with Crippen LogP contribution in [0.1, 0.15) is 5.56 Å². The first kappa shape index (κ1) is 14.8. The molecular formula is C19H16N2O2. The molecule has 0 aromatic heterocycles. The van der Waals surface area contributed by atoms with Crippen LogP contribution in [0.3, 0.4) is 0 Å². The SMILES string of the molecule is Cc1ccccc1N(c1ccccc1)c1ccccc1[N+](=O)[O-]. The summed E-state index contributed by atoms with van der Waals surface area (Å²) in [5, 5.41) is 11.5. The van der Waals surface area contributed by atoms with Gasteiger partial charge in [-0.2, -0.15) is 0 Å². The number of hydrogen-bond donors (Lipinski definition) is 0. The highest BCUT2D eigenvalue weighted by molar-refractivity contribution is 5.83. The quantitative estimate of drug-likeness (QED) is 0.480. The van der Waals surface area contributed by atoms with Gasteiger partial charge in [0.05, 0.1) is 4.92 Å². The molecule has 0 spiro atoms. The van der Waals surface area contributed by atoms with E-state index < -0.39 is 0 Å². The second kappa shape index (κ2) is 6.32. The molecule has 0 aliphatic heterocycles. The largest absolute Gasteiger partial charge is 0.304 e. The van der Waals surface area contributed by atoms with E-state index in [9.17, 15) is 10.1 Å². The number of nitro groups is 1. The normalized spacial score (nSPS) is 10.3. The van der Waals surface area contributed by atoms with Gasteiger partial charge in [0.25, 0.3) is 5.69 Å². The molecule has 3 rings (SSSR count). The van der Waals surface area contributed by atoms with E-state index in [-0.39, 0.29) is 10.6 Å². The highest BCUT2D eigenvalue weighted by atomic mass is 16.6. The van der Waals surface area contributed by atoms with Gasteiger partial charge in [-0.05, 0) is 36.8 Å². The minimum absolute atomic E-state index is 0.0830. The Balaban J connectivity index is 2.26. The standard InChI is InChI=1S/C19H16N2O2/c1-15-9-5-6-12-17(15)20(16-10-3-2-4-11-16)18-13-7-8-14-19(18)21(22)23/h2-14H,1H3. The Hall–Kier alpha value is -3.14. The first-order valence-corrected chi connectivity index (χ1v) is 7.32. The van der Waals surface area contributed by atoms with E-state index in [0.29, 0.717) is 5.69 Å². The minimum atomic E-state index is -0.344. The van der Waals surface area contributed by atoms with Crippen molar-refractivity contribution in [2.75, 3.05) is 4.90 Å². The predicted molar refractivity (Wildman–Crippen MR) is 92.5 cm³/mol. The van der Waals surface area contributed by atoms with E-state index in [1.807, 2.05) is 72.5 Å². The summed E-state index contributed by atoms with van der Waals surface area (Å²) in [6, 6.07) is 24.4. The van der Waals surface area contributed by atoms with E-state index in [0.717, 1.165) is 16.9 Å². The Morgan fingerprint density at radius 1 is 0.783 bits per heavy atom. The number of nitro benzene ring substituents is 1. The molecule has 0 aliphatic carbocycles. The van der Waals surface area contributed by atoms with Crippen molar-refractivity contribution < 1.29 is 4.92 Å². The van der Waals surface area contributed by atoms with Crippen molar-refractivity contribution in [3.05, 3.63) is 94.5 Å². The molecule has 0 N–H and O–H groups in total. The fourth-order valence-electron chi connectivity index (χ4n) is 2.61. The summed E-state index contributed by atoms with van der Waals surface area (Å²) in [7, 11) is 0. The van der Waals surface area contributed by atoms with Gasteiger partial charge in [0.15, 0.2) is 0 Å². The Bertz CT molecular complexity index is 832. The number of anilines is 3. The molecule has 3 aromatic carbocycles. The van der Waals surface area contributed by atoms with Crippen LogP contribution in [0.15, 0.2) is 78.9 Å². The van der Waals surface area contributed by atoms with Crippen molar-refractivity contribution in [2.24, 2.45) is 0 Å². The number of aryl methyl sites for hydroxylation is 1. The van der Waals surface area contributed by atoms with Gasteiger partial charge in [0.1, 0.15) is 5.69 Å². The Kier molecular flexibility index (Phi) is 4.06. The lowest BCUT2D eigenvalue weighted by molar-refractivity contribution is -0.384. The van der Waals surface area contributed by atoms with Gasteiger partial charge in [-0.25, -0.2) is 0 Å². The van der Waals surface area contributed by atoms with Crippen LogP contribution in [0, 0.1) is 17.0 Å². The predicted octanol–water partition coefficient (Wildman–Crippen LogP) is 5.37. The third-order valence-electron chi connectivity index (χ3n) is 3.69. The highest BCUT2D eigenvalue weighted by Gasteiger charge is 2.22. The Morgan fingerprint density at radius 2 is 1.35 bits per heavy atom. The molecule has 4 heteroatoms. The van der Waals surface area contributed by atoms with E-state index in [1.165, 1.54) is 6.07 Å². The summed E-state index contributed by atoms with van der Waals surface area (Å²) in [5.74, 6) is 0. The highest BCUT2D eigenvalue weighted by Crippen LogP contribution is 2.40. The van der Waals surface area contributed by atoms with Gasteiger partial charge in [0, 0.05) is 17.4 Å². The number of hydrogen-bond acceptors (Lipinski definition) is 3. The molecule has 0 fully saturated rings. The molecule has 0 aliphatic rings. The van der Waals surface area contributed by atoms with Crippen LogP contribution in [-0.4, -0.2) is 4.92 Å². The van der Waals surface area contributed by atoms with Gasteiger partial charge in [0.2, 0.25) is 0 Å². The van der Waals surface area contributed by atoms with Crippen molar-refractivity contribution in [3.8, 4) is 0 Å². The zero-order valence-corrected chi connectivity index (χ0v) is 12.7. The van der Waals surface area contributed by atoms with Gasteiger partial charge < -0.3 is 4.90 Å². The molecule has 0 heterocycles. The number of benzene rings is 3. The maximum Gasteiger partial charge on any atom is 0.293 e.